The molecule has 1 aromatic rings. The normalized spacial score (nSPS) is 11.2. The molecule has 7 heteroatoms. The van der Waals surface area contributed by atoms with E-state index in [1.54, 1.807) is 20.8 Å². The molecular weight excluding hydrogens is 280 g/mol. The largest absolute Gasteiger partial charge is 0.478 e. The topological polar surface area (TPSA) is 98.7 Å². The van der Waals surface area contributed by atoms with E-state index < -0.39 is 17.5 Å². The van der Waals surface area contributed by atoms with E-state index >= 15 is 0 Å². The Morgan fingerprint density at radius 2 is 1.90 bits per heavy atom. The minimum atomic E-state index is -1.06. The monoisotopic (exact) mass is 300 g/mol. The van der Waals surface area contributed by atoms with Crippen molar-refractivity contribution in [1.82, 2.24) is 5.32 Å². The van der Waals surface area contributed by atoms with Gasteiger partial charge in [-0.2, -0.15) is 0 Å². The first-order chi connectivity index (χ1) is 9.18. The molecule has 0 atom stereocenters. The van der Waals surface area contributed by atoms with Crippen LogP contribution in [0, 0.1) is 13.8 Å². The van der Waals surface area contributed by atoms with Crippen LogP contribution in [0.1, 0.15) is 41.1 Å². The molecule has 6 nitrogen and oxygen atoms in total. The molecule has 0 saturated carbocycles. The van der Waals surface area contributed by atoms with Crippen LogP contribution >= 0.6 is 11.3 Å². The molecule has 0 radical (unpaired) electrons. The Kier molecular flexibility index (Phi) is 5.13. The van der Waals surface area contributed by atoms with Gasteiger partial charge in [0.1, 0.15) is 5.00 Å². The second kappa shape index (κ2) is 6.23. The third kappa shape index (κ3) is 3.94. The number of nitrogens with one attached hydrogen (secondary N) is 2. The lowest BCUT2D eigenvalue weighted by molar-refractivity contribution is 0.0697. The molecule has 112 valence electrons. The Morgan fingerprint density at radius 1 is 1.30 bits per heavy atom. The van der Waals surface area contributed by atoms with Crippen LogP contribution in [0.25, 0.3) is 0 Å². The average molecular weight is 300 g/mol. The molecule has 0 aliphatic heterocycles. The van der Waals surface area contributed by atoms with Crippen molar-refractivity contribution in [3.63, 3.8) is 0 Å². The lowest BCUT2D eigenvalue weighted by atomic mass is 10.0. The number of hydrogen-bond acceptors (Lipinski definition) is 4. The number of thiophene rings is 1. The summed E-state index contributed by atoms with van der Waals surface area (Å²) in [7, 11) is 0. The van der Waals surface area contributed by atoms with Gasteiger partial charge in [-0.3, -0.25) is 5.32 Å². The average Bonchev–Trinajstić information content (AvgIpc) is 2.52. The van der Waals surface area contributed by atoms with Crippen LogP contribution < -0.4 is 10.6 Å². The van der Waals surface area contributed by atoms with Crippen LogP contribution in [0.2, 0.25) is 0 Å². The summed E-state index contributed by atoms with van der Waals surface area (Å²) in [4.78, 5) is 24.0. The van der Waals surface area contributed by atoms with Gasteiger partial charge in [-0.1, -0.05) is 0 Å². The Hall–Kier alpha value is -1.60. The highest BCUT2D eigenvalue weighted by atomic mass is 32.1. The zero-order valence-electron chi connectivity index (χ0n) is 12.0. The lowest BCUT2D eigenvalue weighted by Gasteiger charge is -2.25. The fourth-order valence-corrected chi connectivity index (χ4v) is 2.80. The second-order valence-corrected chi connectivity index (χ2v) is 6.45. The van der Waals surface area contributed by atoms with Crippen molar-refractivity contribution in [3.8, 4) is 0 Å². The number of aromatic carboxylic acids is 1. The van der Waals surface area contributed by atoms with Crippen LogP contribution in [0.4, 0.5) is 9.80 Å². The van der Waals surface area contributed by atoms with Gasteiger partial charge in [0.25, 0.3) is 0 Å². The summed E-state index contributed by atoms with van der Waals surface area (Å²) >= 11 is 1.23. The Morgan fingerprint density at radius 3 is 2.40 bits per heavy atom. The highest BCUT2D eigenvalue weighted by Crippen LogP contribution is 2.32. The van der Waals surface area contributed by atoms with Crippen LogP contribution in [0.5, 0.6) is 0 Å². The zero-order valence-corrected chi connectivity index (χ0v) is 12.8. The maximum absolute atomic E-state index is 11.9. The molecule has 1 heterocycles. The Labute approximate surface area is 121 Å². The number of aliphatic hydroxyl groups is 1. The van der Waals surface area contributed by atoms with Crippen molar-refractivity contribution < 1.29 is 19.8 Å². The lowest BCUT2D eigenvalue weighted by Crippen LogP contribution is -2.46. The van der Waals surface area contributed by atoms with Crippen molar-refractivity contribution in [3.05, 3.63) is 16.0 Å². The van der Waals surface area contributed by atoms with Crippen LogP contribution in [0.15, 0.2) is 0 Å². The van der Waals surface area contributed by atoms with Crippen LogP contribution in [0.3, 0.4) is 0 Å². The van der Waals surface area contributed by atoms with Gasteiger partial charge in [0.15, 0.2) is 0 Å². The highest BCUT2D eigenvalue weighted by molar-refractivity contribution is 7.16. The van der Waals surface area contributed by atoms with E-state index in [-0.39, 0.29) is 12.2 Å². The van der Waals surface area contributed by atoms with E-state index in [2.05, 4.69) is 10.6 Å². The molecule has 0 aliphatic carbocycles. The number of carbonyl (C=O) groups excluding carboxylic acids is 1. The molecule has 2 amide bonds. The molecular formula is C13H20N2O4S. The number of carboxylic acids is 1. The predicted molar refractivity (Wildman–Crippen MR) is 78.7 cm³/mol. The van der Waals surface area contributed by atoms with E-state index in [0.717, 1.165) is 4.88 Å². The molecule has 0 fully saturated rings. The molecule has 0 unspecified atom stereocenters. The molecule has 4 N–H and O–H groups in total. The summed E-state index contributed by atoms with van der Waals surface area (Å²) < 4.78 is 0. The van der Waals surface area contributed by atoms with Gasteiger partial charge < -0.3 is 15.5 Å². The van der Waals surface area contributed by atoms with Gasteiger partial charge in [-0.05, 0) is 39.7 Å². The summed E-state index contributed by atoms with van der Waals surface area (Å²) in [6.45, 7) is 7.06. The number of hydrogen-bond donors (Lipinski definition) is 4. The molecule has 0 spiro atoms. The third-order valence-corrected chi connectivity index (χ3v) is 4.14. The van der Waals surface area contributed by atoms with Crippen molar-refractivity contribution >= 4 is 28.3 Å². The van der Waals surface area contributed by atoms with E-state index in [1.807, 2.05) is 6.92 Å². The smallest absolute Gasteiger partial charge is 0.338 e. The summed E-state index contributed by atoms with van der Waals surface area (Å²) in [6.07, 6.45) is 0.411. The minimum absolute atomic E-state index is 0.0368. The van der Waals surface area contributed by atoms with E-state index in [4.69, 9.17) is 5.11 Å². The van der Waals surface area contributed by atoms with Crippen LogP contribution in [-0.2, 0) is 0 Å². The maximum atomic E-state index is 11.9. The van der Waals surface area contributed by atoms with Gasteiger partial charge in [-0.25, -0.2) is 9.59 Å². The van der Waals surface area contributed by atoms with Crippen molar-refractivity contribution in [2.75, 3.05) is 11.9 Å². The number of carbonyl (C=O) groups is 2. The van der Waals surface area contributed by atoms with Crippen molar-refractivity contribution in [2.45, 2.75) is 39.7 Å². The number of aliphatic hydroxyl groups excluding tert-OH is 1. The molecule has 1 aromatic heterocycles. The number of aryl methyl sites for hydroxylation is 1. The molecule has 0 saturated heterocycles. The van der Waals surface area contributed by atoms with Gasteiger partial charge in [0.05, 0.1) is 5.56 Å². The standard InChI is InChI=1S/C13H20N2O4S/c1-7-8(2)20-10(9(7)11(17)18)14-12(19)15-13(3,4)5-6-16/h16H,5-6H2,1-4H3,(H,17,18)(H2,14,15,19). The molecule has 0 aromatic carbocycles. The van der Waals surface area contributed by atoms with Crippen molar-refractivity contribution in [1.29, 1.82) is 0 Å². The highest BCUT2D eigenvalue weighted by Gasteiger charge is 2.23. The van der Waals surface area contributed by atoms with Gasteiger partial charge >= 0.3 is 12.0 Å². The number of carboxylic acid groups (broad SMARTS) is 1. The van der Waals surface area contributed by atoms with Gasteiger partial charge in [0, 0.05) is 17.0 Å². The SMILES string of the molecule is Cc1sc(NC(=O)NC(C)(C)CCO)c(C(=O)O)c1C. The summed E-state index contributed by atoms with van der Waals surface area (Å²) in [5.41, 5.74) is 0.221. The summed E-state index contributed by atoms with van der Waals surface area (Å²) in [5, 5.41) is 23.7. The van der Waals surface area contributed by atoms with E-state index in [1.165, 1.54) is 11.3 Å². The van der Waals surface area contributed by atoms with Gasteiger partial charge in [-0.15, -0.1) is 11.3 Å². The fraction of sp³-hybridized carbons (Fsp3) is 0.538. The zero-order chi connectivity index (χ0) is 15.5. The summed E-state index contributed by atoms with van der Waals surface area (Å²) in [6, 6.07) is -0.479. The number of amides is 2. The number of rotatable bonds is 5. The van der Waals surface area contributed by atoms with Crippen LogP contribution in [-0.4, -0.2) is 34.4 Å². The van der Waals surface area contributed by atoms with Crippen molar-refractivity contribution in [2.24, 2.45) is 0 Å². The molecule has 0 bridgehead atoms. The first kappa shape index (κ1) is 16.5. The Bertz CT molecular complexity index is 523. The Balaban J connectivity index is 2.87. The molecule has 0 aliphatic rings. The fourth-order valence-electron chi connectivity index (χ4n) is 1.76. The molecule has 1 rings (SSSR count). The van der Waals surface area contributed by atoms with E-state index in [0.29, 0.717) is 17.0 Å². The summed E-state index contributed by atoms with van der Waals surface area (Å²) in [5.74, 6) is -1.06. The number of anilines is 1. The minimum Gasteiger partial charge on any atom is -0.478 e. The second-order valence-electron chi connectivity index (χ2n) is 5.23. The first-order valence-electron chi connectivity index (χ1n) is 6.21. The maximum Gasteiger partial charge on any atom is 0.338 e. The third-order valence-electron chi connectivity index (χ3n) is 3.01. The first-order valence-corrected chi connectivity index (χ1v) is 7.03. The quantitative estimate of drug-likeness (QED) is 0.670. The van der Waals surface area contributed by atoms with E-state index in [9.17, 15) is 14.7 Å². The molecule has 20 heavy (non-hydrogen) atoms. The van der Waals surface area contributed by atoms with Gasteiger partial charge in [0.2, 0.25) is 0 Å². The number of urea groups is 1. The predicted octanol–water partition coefficient (Wildman–Crippen LogP) is 2.35.